The highest BCUT2D eigenvalue weighted by atomic mass is 35.5. The quantitative estimate of drug-likeness (QED) is 0.895. The van der Waals surface area contributed by atoms with Gasteiger partial charge in [-0.2, -0.15) is 0 Å². The summed E-state index contributed by atoms with van der Waals surface area (Å²) in [5, 5.41) is 11.2. The molecule has 3 heteroatoms. The molecule has 0 radical (unpaired) electrons. The Labute approximate surface area is 130 Å². The number of halogens is 1. The van der Waals surface area contributed by atoms with Crippen LogP contribution in [0.3, 0.4) is 0 Å². The van der Waals surface area contributed by atoms with Crippen molar-refractivity contribution in [2.75, 3.05) is 6.61 Å². The second-order valence-electron chi connectivity index (χ2n) is 5.63. The average Bonchev–Trinajstić information content (AvgIpc) is 2.50. The molecule has 2 nitrogen and oxygen atoms in total. The molecule has 0 aromatic heterocycles. The third-order valence-electron chi connectivity index (χ3n) is 4.17. The van der Waals surface area contributed by atoms with Gasteiger partial charge >= 0.3 is 0 Å². The molecule has 1 aliphatic rings. The Hall–Kier alpha value is -1.51. The summed E-state index contributed by atoms with van der Waals surface area (Å²) < 4.78 is 5.67. The van der Waals surface area contributed by atoms with E-state index < -0.39 is 6.10 Å². The summed E-state index contributed by atoms with van der Waals surface area (Å²) in [5.41, 5.74) is 3.11. The summed E-state index contributed by atoms with van der Waals surface area (Å²) in [6, 6.07) is 13.9. The topological polar surface area (TPSA) is 29.5 Å². The first kappa shape index (κ1) is 14.4. The van der Waals surface area contributed by atoms with E-state index in [1.807, 2.05) is 43.3 Å². The number of benzene rings is 2. The van der Waals surface area contributed by atoms with E-state index in [9.17, 15) is 5.11 Å². The number of hydrogen-bond acceptors (Lipinski definition) is 2. The summed E-state index contributed by atoms with van der Waals surface area (Å²) in [5.74, 6) is 1.27. The third kappa shape index (κ3) is 3.07. The summed E-state index contributed by atoms with van der Waals surface area (Å²) in [6.45, 7) is 2.68. The highest BCUT2D eigenvalue weighted by Crippen LogP contribution is 2.39. The SMILES string of the molecule is Cc1ccc(C(O)CC2CCOc3ccccc32)cc1Cl. The van der Waals surface area contributed by atoms with E-state index >= 15 is 0 Å². The van der Waals surface area contributed by atoms with Gasteiger partial charge in [0.2, 0.25) is 0 Å². The molecule has 21 heavy (non-hydrogen) atoms. The maximum Gasteiger partial charge on any atom is 0.122 e. The van der Waals surface area contributed by atoms with Gasteiger partial charge in [0.05, 0.1) is 12.7 Å². The molecular formula is C18H19ClO2. The van der Waals surface area contributed by atoms with Crippen molar-refractivity contribution in [2.45, 2.75) is 31.8 Å². The molecule has 0 amide bonds. The molecule has 0 aliphatic carbocycles. The van der Waals surface area contributed by atoms with Gasteiger partial charge in [0.25, 0.3) is 0 Å². The molecule has 0 saturated heterocycles. The molecule has 1 heterocycles. The summed E-state index contributed by atoms with van der Waals surface area (Å²) in [7, 11) is 0. The molecule has 0 fully saturated rings. The molecule has 2 aromatic carbocycles. The van der Waals surface area contributed by atoms with Gasteiger partial charge in [-0.3, -0.25) is 0 Å². The standard InChI is InChI=1S/C18H19ClO2/c1-12-6-7-14(10-16(12)19)17(20)11-13-8-9-21-18-5-3-2-4-15(13)18/h2-7,10,13,17,20H,8-9,11H2,1H3. The smallest absolute Gasteiger partial charge is 0.122 e. The predicted octanol–water partition coefficient (Wildman–Crippen LogP) is 4.64. The zero-order valence-corrected chi connectivity index (χ0v) is 12.8. The molecule has 0 saturated carbocycles. The number of aryl methyl sites for hydroxylation is 1. The Kier molecular flexibility index (Phi) is 4.18. The third-order valence-corrected chi connectivity index (χ3v) is 4.58. The molecule has 0 bridgehead atoms. The van der Waals surface area contributed by atoms with E-state index in [2.05, 4.69) is 6.07 Å². The zero-order valence-electron chi connectivity index (χ0n) is 12.1. The lowest BCUT2D eigenvalue weighted by Crippen LogP contribution is -2.16. The summed E-state index contributed by atoms with van der Waals surface area (Å²) in [4.78, 5) is 0. The maximum atomic E-state index is 10.5. The maximum absolute atomic E-state index is 10.5. The normalized spacial score (nSPS) is 18.7. The van der Waals surface area contributed by atoms with Gasteiger partial charge in [-0.05, 0) is 54.5 Å². The van der Waals surface area contributed by atoms with Crippen LogP contribution in [-0.2, 0) is 0 Å². The largest absolute Gasteiger partial charge is 0.493 e. The molecular weight excluding hydrogens is 284 g/mol. The number of para-hydroxylation sites is 1. The van der Waals surface area contributed by atoms with Crippen molar-refractivity contribution in [3.8, 4) is 5.75 Å². The Morgan fingerprint density at radius 3 is 2.90 bits per heavy atom. The number of rotatable bonds is 3. The lowest BCUT2D eigenvalue weighted by atomic mass is 9.86. The van der Waals surface area contributed by atoms with Crippen molar-refractivity contribution in [1.82, 2.24) is 0 Å². The predicted molar refractivity (Wildman–Crippen MR) is 85.1 cm³/mol. The first-order valence-electron chi connectivity index (χ1n) is 7.31. The monoisotopic (exact) mass is 302 g/mol. The number of fused-ring (bicyclic) bond motifs is 1. The average molecular weight is 303 g/mol. The number of aliphatic hydroxyl groups is 1. The van der Waals surface area contributed by atoms with Crippen molar-refractivity contribution >= 4 is 11.6 Å². The molecule has 2 atom stereocenters. The fourth-order valence-electron chi connectivity index (χ4n) is 2.88. The van der Waals surface area contributed by atoms with Crippen LogP contribution < -0.4 is 4.74 Å². The lowest BCUT2D eigenvalue weighted by molar-refractivity contribution is 0.145. The van der Waals surface area contributed by atoms with Crippen LogP contribution >= 0.6 is 11.6 Å². The van der Waals surface area contributed by atoms with Gasteiger partial charge in [0.1, 0.15) is 5.75 Å². The van der Waals surface area contributed by atoms with E-state index in [0.717, 1.165) is 23.3 Å². The molecule has 2 unspecified atom stereocenters. The first-order chi connectivity index (χ1) is 10.1. The molecule has 3 rings (SSSR count). The number of hydrogen-bond donors (Lipinski definition) is 1. The van der Waals surface area contributed by atoms with Gasteiger partial charge in [0.15, 0.2) is 0 Å². The lowest BCUT2D eigenvalue weighted by Gasteiger charge is -2.27. The van der Waals surface area contributed by atoms with Crippen LogP contribution in [0.4, 0.5) is 0 Å². The summed E-state index contributed by atoms with van der Waals surface area (Å²) in [6.07, 6.45) is 1.13. The minimum Gasteiger partial charge on any atom is -0.493 e. The second kappa shape index (κ2) is 6.08. The highest BCUT2D eigenvalue weighted by molar-refractivity contribution is 6.31. The zero-order chi connectivity index (χ0) is 14.8. The van der Waals surface area contributed by atoms with E-state index in [1.54, 1.807) is 0 Å². The Morgan fingerprint density at radius 2 is 2.10 bits per heavy atom. The number of ether oxygens (including phenoxy) is 1. The van der Waals surface area contributed by atoms with Crippen molar-refractivity contribution in [3.05, 3.63) is 64.2 Å². The van der Waals surface area contributed by atoms with Crippen LogP contribution in [0, 0.1) is 6.92 Å². The van der Waals surface area contributed by atoms with E-state index in [4.69, 9.17) is 16.3 Å². The van der Waals surface area contributed by atoms with Crippen LogP contribution in [0.2, 0.25) is 5.02 Å². The van der Waals surface area contributed by atoms with Gasteiger partial charge in [-0.15, -0.1) is 0 Å². The van der Waals surface area contributed by atoms with Crippen molar-refractivity contribution in [2.24, 2.45) is 0 Å². The van der Waals surface area contributed by atoms with Crippen LogP contribution in [0.15, 0.2) is 42.5 Å². The van der Waals surface area contributed by atoms with E-state index in [1.165, 1.54) is 5.56 Å². The minimum absolute atomic E-state index is 0.324. The minimum atomic E-state index is -0.501. The van der Waals surface area contributed by atoms with E-state index in [0.29, 0.717) is 24.0 Å². The second-order valence-corrected chi connectivity index (χ2v) is 6.04. The Balaban J connectivity index is 1.79. The van der Waals surface area contributed by atoms with Gasteiger partial charge in [0, 0.05) is 5.02 Å². The first-order valence-corrected chi connectivity index (χ1v) is 7.69. The van der Waals surface area contributed by atoms with E-state index in [-0.39, 0.29) is 0 Å². The molecule has 1 N–H and O–H groups in total. The van der Waals surface area contributed by atoms with Crippen molar-refractivity contribution in [3.63, 3.8) is 0 Å². The fraction of sp³-hybridized carbons (Fsp3) is 0.333. The van der Waals surface area contributed by atoms with Crippen LogP contribution in [-0.4, -0.2) is 11.7 Å². The van der Waals surface area contributed by atoms with Crippen molar-refractivity contribution < 1.29 is 9.84 Å². The molecule has 2 aromatic rings. The fourth-order valence-corrected chi connectivity index (χ4v) is 3.07. The van der Waals surface area contributed by atoms with Gasteiger partial charge in [-0.25, -0.2) is 0 Å². The molecule has 0 spiro atoms. The highest BCUT2D eigenvalue weighted by Gasteiger charge is 2.24. The molecule has 1 aliphatic heterocycles. The Bertz CT molecular complexity index is 639. The van der Waals surface area contributed by atoms with Gasteiger partial charge < -0.3 is 9.84 Å². The van der Waals surface area contributed by atoms with Gasteiger partial charge in [-0.1, -0.05) is 41.9 Å². The van der Waals surface area contributed by atoms with Crippen LogP contribution in [0.25, 0.3) is 0 Å². The Morgan fingerprint density at radius 1 is 1.29 bits per heavy atom. The van der Waals surface area contributed by atoms with Crippen molar-refractivity contribution in [1.29, 1.82) is 0 Å². The number of aliphatic hydroxyl groups excluding tert-OH is 1. The molecule has 110 valence electrons. The summed E-state index contributed by atoms with van der Waals surface area (Å²) >= 11 is 6.15. The van der Waals surface area contributed by atoms with Crippen LogP contribution in [0.5, 0.6) is 5.75 Å². The van der Waals surface area contributed by atoms with Crippen LogP contribution in [0.1, 0.15) is 41.6 Å².